The molecule has 0 saturated heterocycles. The Morgan fingerprint density at radius 3 is 2.50 bits per heavy atom. The van der Waals surface area contributed by atoms with Gasteiger partial charge < -0.3 is 5.32 Å². The molecule has 4 nitrogen and oxygen atoms in total. The lowest BCUT2D eigenvalue weighted by Crippen LogP contribution is -2.25. The number of halogens is 3. The van der Waals surface area contributed by atoms with Crippen LogP contribution in [0.3, 0.4) is 0 Å². The van der Waals surface area contributed by atoms with Crippen LogP contribution in [0.25, 0.3) is 0 Å². The van der Waals surface area contributed by atoms with E-state index < -0.39 is 0 Å². The highest BCUT2D eigenvalue weighted by Gasteiger charge is 2.03. The Balaban J connectivity index is 1.81. The molecule has 1 amide bonds. The molecule has 114 valence electrons. The molecule has 0 atom stereocenters. The van der Waals surface area contributed by atoms with Crippen molar-refractivity contribution < 1.29 is 4.79 Å². The van der Waals surface area contributed by atoms with E-state index in [1.165, 1.54) is 0 Å². The van der Waals surface area contributed by atoms with Crippen molar-refractivity contribution in [1.82, 2.24) is 5.43 Å². The number of hydrazone groups is 1. The monoisotopic (exact) mass is 399 g/mol. The average molecular weight is 401 g/mol. The van der Waals surface area contributed by atoms with E-state index in [1.807, 2.05) is 0 Å². The third-order valence-corrected chi connectivity index (χ3v) is 3.79. The molecule has 0 aliphatic carbocycles. The number of benzene rings is 2. The van der Waals surface area contributed by atoms with Crippen LogP contribution >= 0.6 is 39.1 Å². The van der Waals surface area contributed by atoms with Crippen molar-refractivity contribution in [2.45, 2.75) is 0 Å². The van der Waals surface area contributed by atoms with Crippen LogP contribution in [0, 0.1) is 0 Å². The van der Waals surface area contributed by atoms with Gasteiger partial charge in [0.2, 0.25) is 0 Å². The van der Waals surface area contributed by atoms with Gasteiger partial charge in [-0.05, 0) is 51.8 Å². The van der Waals surface area contributed by atoms with Crippen molar-refractivity contribution in [2.75, 3.05) is 11.9 Å². The fraction of sp³-hybridized carbons (Fsp3) is 0.0667. The molecule has 0 saturated carbocycles. The zero-order valence-corrected chi connectivity index (χ0v) is 14.4. The van der Waals surface area contributed by atoms with Gasteiger partial charge in [0, 0.05) is 20.2 Å². The van der Waals surface area contributed by atoms with Crippen LogP contribution < -0.4 is 10.7 Å². The molecule has 2 rings (SSSR count). The van der Waals surface area contributed by atoms with Crippen LogP contribution in [0.15, 0.2) is 52.0 Å². The first-order valence-electron chi connectivity index (χ1n) is 6.31. The summed E-state index contributed by atoms with van der Waals surface area (Å²) < 4.78 is 0.789. The van der Waals surface area contributed by atoms with E-state index in [4.69, 9.17) is 23.2 Å². The predicted molar refractivity (Wildman–Crippen MR) is 94.8 cm³/mol. The molecule has 0 radical (unpaired) electrons. The van der Waals surface area contributed by atoms with Gasteiger partial charge in [0.25, 0.3) is 5.91 Å². The van der Waals surface area contributed by atoms with Gasteiger partial charge >= 0.3 is 0 Å². The maximum atomic E-state index is 11.7. The lowest BCUT2D eigenvalue weighted by Gasteiger charge is -2.07. The Kier molecular flexibility index (Phi) is 6.24. The summed E-state index contributed by atoms with van der Waals surface area (Å²) in [6.45, 7) is 0.0954. The summed E-state index contributed by atoms with van der Waals surface area (Å²) in [5, 5.41) is 8.14. The van der Waals surface area contributed by atoms with Gasteiger partial charge in [-0.1, -0.05) is 35.3 Å². The highest BCUT2D eigenvalue weighted by atomic mass is 79.9. The maximum absolute atomic E-state index is 11.7. The van der Waals surface area contributed by atoms with E-state index in [2.05, 4.69) is 31.8 Å². The van der Waals surface area contributed by atoms with E-state index in [-0.39, 0.29) is 12.5 Å². The van der Waals surface area contributed by atoms with E-state index in [9.17, 15) is 4.79 Å². The van der Waals surface area contributed by atoms with Crippen LogP contribution in [0.1, 0.15) is 5.56 Å². The van der Waals surface area contributed by atoms with Crippen molar-refractivity contribution in [3.8, 4) is 0 Å². The number of anilines is 1. The highest BCUT2D eigenvalue weighted by Crippen LogP contribution is 2.25. The van der Waals surface area contributed by atoms with Gasteiger partial charge in [-0.3, -0.25) is 4.79 Å². The Morgan fingerprint density at radius 2 is 1.82 bits per heavy atom. The second-order valence-electron chi connectivity index (χ2n) is 4.32. The van der Waals surface area contributed by atoms with Gasteiger partial charge in [-0.25, -0.2) is 5.43 Å². The minimum Gasteiger partial charge on any atom is -0.375 e. The minimum absolute atomic E-state index is 0.0954. The normalized spacial score (nSPS) is 10.7. The zero-order chi connectivity index (χ0) is 15.9. The van der Waals surface area contributed by atoms with E-state index >= 15 is 0 Å². The van der Waals surface area contributed by atoms with Crippen molar-refractivity contribution >= 4 is 56.9 Å². The van der Waals surface area contributed by atoms with Crippen molar-refractivity contribution in [2.24, 2.45) is 5.10 Å². The molecule has 0 aromatic heterocycles. The number of amides is 1. The molecule has 2 N–H and O–H groups in total. The molecule has 0 heterocycles. The molecule has 0 spiro atoms. The third kappa shape index (κ3) is 5.33. The lowest BCUT2D eigenvalue weighted by molar-refractivity contribution is -0.119. The quantitative estimate of drug-likeness (QED) is 0.580. The molecule has 2 aromatic carbocycles. The molecule has 2 aromatic rings. The van der Waals surface area contributed by atoms with Crippen LogP contribution in [0.5, 0.6) is 0 Å². The van der Waals surface area contributed by atoms with E-state index in [0.29, 0.717) is 10.0 Å². The predicted octanol–water partition coefficient (Wildman–Crippen LogP) is 4.32. The highest BCUT2D eigenvalue weighted by molar-refractivity contribution is 9.10. The Morgan fingerprint density at radius 1 is 1.14 bits per heavy atom. The average Bonchev–Trinajstić information content (AvgIpc) is 2.48. The summed E-state index contributed by atoms with van der Waals surface area (Å²) in [6, 6.07) is 12.4. The SMILES string of the molecule is O=C(CNc1ccc(Cl)cc1Br)N/N=C/c1ccc(Cl)cc1. The van der Waals surface area contributed by atoms with E-state index in [0.717, 1.165) is 15.7 Å². The first-order valence-corrected chi connectivity index (χ1v) is 7.86. The van der Waals surface area contributed by atoms with E-state index in [1.54, 1.807) is 48.7 Å². The molecular formula is C15H12BrCl2N3O. The molecule has 22 heavy (non-hydrogen) atoms. The topological polar surface area (TPSA) is 53.5 Å². The Labute approximate surface area is 146 Å². The summed E-state index contributed by atoms with van der Waals surface area (Å²) in [4.78, 5) is 11.7. The number of carbonyl (C=O) groups is 1. The van der Waals surface area contributed by atoms with Gasteiger partial charge in [0.05, 0.1) is 12.8 Å². The van der Waals surface area contributed by atoms with Crippen molar-refractivity contribution in [3.63, 3.8) is 0 Å². The Hall–Kier alpha value is -1.56. The molecule has 0 unspecified atom stereocenters. The van der Waals surface area contributed by atoms with Gasteiger partial charge in [-0.2, -0.15) is 5.10 Å². The second-order valence-corrected chi connectivity index (χ2v) is 6.05. The molecule has 0 fully saturated rings. The number of hydrogen-bond donors (Lipinski definition) is 2. The fourth-order valence-electron chi connectivity index (χ4n) is 1.58. The smallest absolute Gasteiger partial charge is 0.259 e. The summed E-state index contributed by atoms with van der Waals surface area (Å²) in [5.41, 5.74) is 4.06. The maximum Gasteiger partial charge on any atom is 0.259 e. The zero-order valence-electron chi connectivity index (χ0n) is 11.3. The molecule has 0 bridgehead atoms. The molecule has 0 aliphatic heterocycles. The molecular weight excluding hydrogens is 389 g/mol. The summed E-state index contributed by atoms with van der Waals surface area (Å²) in [6.07, 6.45) is 1.55. The van der Waals surface area contributed by atoms with Crippen molar-refractivity contribution in [1.29, 1.82) is 0 Å². The summed E-state index contributed by atoms with van der Waals surface area (Å²) >= 11 is 15.0. The van der Waals surface area contributed by atoms with Crippen LogP contribution in [0.2, 0.25) is 10.0 Å². The molecule has 7 heteroatoms. The standard InChI is InChI=1S/C15H12BrCl2N3O/c16-13-7-12(18)5-6-14(13)19-9-15(22)21-20-8-10-1-3-11(17)4-2-10/h1-8,19H,9H2,(H,21,22)/b20-8+. The first-order chi connectivity index (χ1) is 10.5. The number of rotatable bonds is 5. The fourth-order valence-corrected chi connectivity index (χ4v) is 2.52. The second kappa shape index (κ2) is 8.17. The summed E-state index contributed by atoms with van der Waals surface area (Å²) in [5.74, 6) is -0.257. The minimum atomic E-state index is -0.257. The number of nitrogens with zero attached hydrogens (tertiary/aromatic N) is 1. The lowest BCUT2D eigenvalue weighted by atomic mass is 10.2. The summed E-state index contributed by atoms with van der Waals surface area (Å²) in [7, 11) is 0. The Bertz CT molecular complexity index is 690. The largest absolute Gasteiger partial charge is 0.375 e. The molecule has 0 aliphatic rings. The van der Waals surface area contributed by atoms with Crippen LogP contribution in [-0.2, 0) is 4.79 Å². The first kappa shape index (κ1) is 16.8. The van der Waals surface area contributed by atoms with Crippen LogP contribution in [-0.4, -0.2) is 18.7 Å². The van der Waals surface area contributed by atoms with Gasteiger partial charge in [-0.15, -0.1) is 0 Å². The van der Waals surface area contributed by atoms with Crippen LogP contribution in [0.4, 0.5) is 5.69 Å². The van der Waals surface area contributed by atoms with Gasteiger partial charge in [0.15, 0.2) is 0 Å². The third-order valence-electron chi connectivity index (χ3n) is 2.64. The van der Waals surface area contributed by atoms with Crippen molar-refractivity contribution in [3.05, 3.63) is 62.5 Å². The number of nitrogens with one attached hydrogen (secondary N) is 2. The van der Waals surface area contributed by atoms with Gasteiger partial charge in [0.1, 0.15) is 0 Å². The number of carbonyl (C=O) groups excluding carboxylic acids is 1. The number of hydrogen-bond acceptors (Lipinski definition) is 3.